The van der Waals surface area contributed by atoms with Crippen molar-refractivity contribution in [3.63, 3.8) is 0 Å². The van der Waals surface area contributed by atoms with Gasteiger partial charge in [-0.05, 0) is 60.7 Å². The van der Waals surface area contributed by atoms with E-state index in [4.69, 9.17) is 0 Å². The molecule has 2 nitrogen and oxygen atoms in total. The minimum absolute atomic E-state index is 0.322. The Kier molecular flexibility index (Phi) is 5.36. The number of anilines is 1. The number of nitrogens with zero attached hydrogens (tertiary/aromatic N) is 2. The summed E-state index contributed by atoms with van der Waals surface area (Å²) >= 11 is 0. The molecule has 0 spiro atoms. The van der Waals surface area contributed by atoms with Crippen molar-refractivity contribution in [2.24, 2.45) is 0 Å². The fourth-order valence-electron chi connectivity index (χ4n) is 3.23. The van der Waals surface area contributed by atoms with Gasteiger partial charge in [0.1, 0.15) is 0 Å². The first-order chi connectivity index (χ1) is 12.2. The Morgan fingerprint density at radius 2 is 2.24 bits per heavy atom. The maximum Gasteiger partial charge on any atom is 0.0635 e. The normalized spacial score (nSPS) is 17.0. The summed E-state index contributed by atoms with van der Waals surface area (Å²) in [5, 5.41) is 0. The highest BCUT2D eigenvalue weighted by Gasteiger charge is 2.18. The predicted octanol–water partition coefficient (Wildman–Crippen LogP) is 5.40. The zero-order chi connectivity index (χ0) is 17.6. The van der Waals surface area contributed by atoms with E-state index in [1.165, 1.54) is 16.7 Å². The maximum atomic E-state index is 4.36. The molecule has 0 saturated carbocycles. The minimum atomic E-state index is 0.322. The molecule has 25 heavy (non-hydrogen) atoms. The summed E-state index contributed by atoms with van der Waals surface area (Å²) in [5.41, 5.74) is 6.11. The first kappa shape index (κ1) is 17.0. The molecule has 0 amide bonds. The van der Waals surface area contributed by atoms with Crippen LogP contribution in [0.15, 0.2) is 72.1 Å². The Hall–Kier alpha value is -2.79. The standard InChI is InChI=1S/C23H24N2/c1-4-9-18(2)20-12-8-13-21(16-20)25(3)23-17-24-15-14-22(23)19-10-6-5-7-11-19/h6,8-12,14-17,21H,4,13H2,1-3H3/b18-9+. The molecule has 1 aliphatic rings. The molecule has 1 unspecified atom stereocenters. The van der Waals surface area contributed by atoms with Crippen LogP contribution in [0, 0.1) is 12.1 Å². The first-order valence-electron chi connectivity index (χ1n) is 8.81. The maximum absolute atomic E-state index is 4.36. The second-order valence-electron chi connectivity index (χ2n) is 6.35. The molecule has 1 heterocycles. The molecular formula is C23H24N2. The Labute approximate surface area is 151 Å². The van der Waals surface area contributed by atoms with Crippen LogP contribution >= 0.6 is 0 Å². The van der Waals surface area contributed by atoms with E-state index in [2.05, 4.69) is 79.3 Å². The van der Waals surface area contributed by atoms with Crippen molar-refractivity contribution < 1.29 is 0 Å². The van der Waals surface area contributed by atoms with Crippen molar-refractivity contribution in [1.29, 1.82) is 0 Å². The van der Waals surface area contributed by atoms with Crippen LogP contribution in [0.3, 0.4) is 0 Å². The van der Waals surface area contributed by atoms with Gasteiger partial charge in [-0.25, -0.2) is 0 Å². The lowest BCUT2D eigenvalue weighted by molar-refractivity contribution is 0.747. The summed E-state index contributed by atoms with van der Waals surface area (Å²) in [6.45, 7) is 4.37. The topological polar surface area (TPSA) is 16.1 Å². The summed E-state index contributed by atoms with van der Waals surface area (Å²) in [4.78, 5) is 6.68. The molecule has 0 fully saturated rings. The number of pyridine rings is 1. The van der Waals surface area contributed by atoms with Gasteiger partial charge in [0.25, 0.3) is 0 Å². The molecule has 0 saturated heterocycles. The summed E-state index contributed by atoms with van der Waals surface area (Å²) in [7, 11) is 2.15. The first-order valence-corrected chi connectivity index (χ1v) is 8.81. The third-order valence-electron chi connectivity index (χ3n) is 4.66. The number of likely N-dealkylation sites (N-methyl/N-ethyl adjacent to an activating group) is 1. The highest BCUT2D eigenvalue weighted by atomic mass is 15.1. The van der Waals surface area contributed by atoms with Crippen LogP contribution in [0.5, 0.6) is 0 Å². The summed E-state index contributed by atoms with van der Waals surface area (Å²) in [6.07, 6.45) is 15.0. The van der Waals surface area contributed by atoms with Crippen LogP contribution in [-0.2, 0) is 0 Å². The van der Waals surface area contributed by atoms with E-state index in [-0.39, 0.29) is 0 Å². The quantitative estimate of drug-likeness (QED) is 0.731. The van der Waals surface area contributed by atoms with Gasteiger partial charge < -0.3 is 4.90 Å². The van der Waals surface area contributed by atoms with E-state index in [0.717, 1.165) is 24.1 Å². The third kappa shape index (κ3) is 3.83. The van der Waals surface area contributed by atoms with Crippen molar-refractivity contribution >= 4 is 5.69 Å². The molecule has 2 aromatic rings. The van der Waals surface area contributed by atoms with Gasteiger partial charge in [-0.2, -0.15) is 0 Å². The van der Waals surface area contributed by atoms with Crippen molar-refractivity contribution in [2.75, 3.05) is 11.9 Å². The SMILES string of the molecule is CC/C=C(\C)C1=CC(N(C)c2cnccc2-c2cc#ccc2)CC=C1. The predicted molar refractivity (Wildman–Crippen MR) is 105 cm³/mol. The second kappa shape index (κ2) is 7.85. The molecule has 2 heteroatoms. The zero-order valence-electron chi connectivity index (χ0n) is 15.2. The molecule has 0 aliphatic heterocycles. The third-order valence-corrected chi connectivity index (χ3v) is 4.66. The van der Waals surface area contributed by atoms with Crippen molar-refractivity contribution in [3.8, 4) is 11.1 Å². The molecule has 1 atom stereocenters. The Bertz CT molecular complexity index is 800. The van der Waals surface area contributed by atoms with Gasteiger partial charge in [0.2, 0.25) is 0 Å². The number of aromatic nitrogens is 1. The van der Waals surface area contributed by atoms with Crippen molar-refractivity contribution in [3.05, 3.63) is 84.2 Å². The molecule has 1 aliphatic carbocycles. The Morgan fingerprint density at radius 1 is 1.36 bits per heavy atom. The Morgan fingerprint density at radius 3 is 3.00 bits per heavy atom. The molecule has 3 rings (SSSR count). The van der Waals surface area contributed by atoms with Gasteiger partial charge in [0.15, 0.2) is 0 Å². The number of rotatable bonds is 5. The zero-order valence-corrected chi connectivity index (χ0v) is 15.2. The summed E-state index contributed by atoms with van der Waals surface area (Å²) < 4.78 is 0. The average molecular weight is 328 g/mol. The highest BCUT2D eigenvalue weighted by molar-refractivity contribution is 5.77. The van der Waals surface area contributed by atoms with E-state index < -0.39 is 0 Å². The minimum Gasteiger partial charge on any atom is -0.366 e. The van der Waals surface area contributed by atoms with E-state index >= 15 is 0 Å². The van der Waals surface area contributed by atoms with Crippen molar-refractivity contribution in [2.45, 2.75) is 32.7 Å². The second-order valence-corrected chi connectivity index (χ2v) is 6.35. The van der Waals surface area contributed by atoms with Gasteiger partial charge in [-0.15, -0.1) is 0 Å². The van der Waals surface area contributed by atoms with Gasteiger partial charge in [-0.3, -0.25) is 4.98 Å². The largest absolute Gasteiger partial charge is 0.366 e. The van der Waals surface area contributed by atoms with Crippen LogP contribution in [0.1, 0.15) is 26.7 Å². The fraction of sp³-hybridized carbons (Fsp3) is 0.261. The van der Waals surface area contributed by atoms with Gasteiger partial charge in [-0.1, -0.05) is 43.4 Å². The number of allylic oxidation sites excluding steroid dienone is 4. The van der Waals surface area contributed by atoms with Gasteiger partial charge in [0.05, 0.1) is 17.9 Å². The highest BCUT2D eigenvalue weighted by Crippen LogP contribution is 2.32. The number of hydrogen-bond donors (Lipinski definition) is 0. The lowest BCUT2D eigenvalue weighted by Gasteiger charge is -2.31. The molecular weight excluding hydrogens is 304 g/mol. The van der Waals surface area contributed by atoms with Crippen LogP contribution < -0.4 is 4.90 Å². The molecule has 1 aromatic heterocycles. The lowest BCUT2D eigenvalue weighted by Crippen LogP contribution is -2.31. The molecule has 0 N–H and O–H groups in total. The van der Waals surface area contributed by atoms with E-state index in [9.17, 15) is 0 Å². The molecule has 126 valence electrons. The average Bonchev–Trinajstić information content (AvgIpc) is 2.68. The summed E-state index contributed by atoms with van der Waals surface area (Å²) in [5.74, 6) is 0. The van der Waals surface area contributed by atoms with Crippen LogP contribution in [-0.4, -0.2) is 18.1 Å². The molecule has 0 bridgehead atoms. The van der Waals surface area contributed by atoms with Crippen molar-refractivity contribution in [1.82, 2.24) is 4.98 Å². The van der Waals surface area contributed by atoms with Gasteiger partial charge >= 0.3 is 0 Å². The van der Waals surface area contributed by atoms with Crippen LogP contribution in [0.4, 0.5) is 5.69 Å². The fourth-order valence-corrected chi connectivity index (χ4v) is 3.23. The molecule has 0 radical (unpaired) electrons. The lowest BCUT2D eigenvalue weighted by atomic mass is 9.95. The molecule has 1 aromatic carbocycles. The summed E-state index contributed by atoms with van der Waals surface area (Å²) in [6, 6.07) is 14.4. The van der Waals surface area contributed by atoms with Crippen LogP contribution in [0.2, 0.25) is 0 Å². The van der Waals surface area contributed by atoms with E-state index in [0.29, 0.717) is 6.04 Å². The van der Waals surface area contributed by atoms with Gasteiger partial charge in [0, 0.05) is 18.8 Å². The van der Waals surface area contributed by atoms with E-state index in [1.54, 1.807) is 0 Å². The van der Waals surface area contributed by atoms with Crippen LogP contribution in [0.25, 0.3) is 11.1 Å². The van der Waals surface area contributed by atoms with E-state index in [1.807, 2.05) is 24.5 Å². The Balaban J connectivity index is 1.93. The number of hydrogen-bond acceptors (Lipinski definition) is 2. The smallest absolute Gasteiger partial charge is 0.0635 e. The monoisotopic (exact) mass is 328 g/mol.